The van der Waals surface area contributed by atoms with E-state index in [1.807, 2.05) is 6.07 Å². The van der Waals surface area contributed by atoms with Crippen molar-refractivity contribution in [2.45, 2.75) is 19.4 Å². The first-order valence-electron chi connectivity index (χ1n) is 5.15. The molecule has 0 aliphatic carbocycles. The Morgan fingerprint density at radius 3 is 3.07 bits per heavy atom. The van der Waals surface area contributed by atoms with Gasteiger partial charge in [-0.15, -0.1) is 10.2 Å². The lowest BCUT2D eigenvalue weighted by Gasteiger charge is -2.35. The molecule has 1 aliphatic rings. The van der Waals surface area contributed by atoms with E-state index in [1.54, 1.807) is 6.07 Å². The first kappa shape index (κ1) is 10.6. The monoisotopic (exact) mass is 227 g/mol. The zero-order valence-electron chi connectivity index (χ0n) is 8.69. The van der Waals surface area contributed by atoms with E-state index in [9.17, 15) is 0 Å². The normalized spacial score (nSPS) is 21.7. The molecule has 0 N–H and O–H groups in total. The first-order valence-corrected chi connectivity index (χ1v) is 5.52. The molecular formula is C10H14ClN3O. The average molecular weight is 228 g/mol. The molecule has 1 saturated heterocycles. The van der Waals surface area contributed by atoms with Crippen LogP contribution in [0.3, 0.4) is 0 Å². The van der Waals surface area contributed by atoms with Crippen molar-refractivity contribution < 1.29 is 4.74 Å². The van der Waals surface area contributed by atoms with Crippen LogP contribution in [0.1, 0.15) is 13.3 Å². The molecule has 0 aromatic carbocycles. The van der Waals surface area contributed by atoms with Crippen molar-refractivity contribution in [2.24, 2.45) is 0 Å². The lowest BCUT2D eigenvalue weighted by atomic mass is 10.2. The zero-order chi connectivity index (χ0) is 10.7. The fourth-order valence-electron chi connectivity index (χ4n) is 1.76. The van der Waals surface area contributed by atoms with E-state index in [-0.39, 0.29) is 0 Å². The number of anilines is 1. The summed E-state index contributed by atoms with van der Waals surface area (Å²) in [5.41, 5.74) is 0. The van der Waals surface area contributed by atoms with Gasteiger partial charge in [-0.3, -0.25) is 0 Å². The van der Waals surface area contributed by atoms with Crippen LogP contribution in [0.4, 0.5) is 5.82 Å². The van der Waals surface area contributed by atoms with Gasteiger partial charge >= 0.3 is 0 Å². The number of hydrogen-bond donors (Lipinski definition) is 0. The van der Waals surface area contributed by atoms with Gasteiger partial charge in [0.05, 0.1) is 19.3 Å². The molecule has 0 amide bonds. The molecule has 0 saturated carbocycles. The Labute approximate surface area is 94.2 Å². The molecule has 1 aromatic rings. The fourth-order valence-corrected chi connectivity index (χ4v) is 1.86. The standard InChI is InChI=1S/C10H14ClN3O/c1-2-8-7-15-6-5-14(8)10-4-3-9(11)12-13-10/h3-4,8H,2,5-7H2,1H3. The quantitative estimate of drug-likeness (QED) is 0.772. The van der Waals surface area contributed by atoms with E-state index in [2.05, 4.69) is 22.0 Å². The Balaban J connectivity index is 2.16. The van der Waals surface area contributed by atoms with E-state index in [0.717, 1.165) is 32.0 Å². The SMILES string of the molecule is CCC1COCCN1c1ccc(Cl)nn1. The Hall–Kier alpha value is -0.870. The summed E-state index contributed by atoms with van der Waals surface area (Å²) < 4.78 is 5.43. The van der Waals surface area contributed by atoms with Crippen LogP contribution in [0, 0.1) is 0 Å². The number of nitrogens with zero attached hydrogens (tertiary/aromatic N) is 3. The third-order valence-electron chi connectivity index (χ3n) is 2.61. The summed E-state index contributed by atoms with van der Waals surface area (Å²) >= 11 is 5.70. The largest absolute Gasteiger partial charge is 0.377 e. The molecule has 1 unspecified atom stereocenters. The molecule has 1 aromatic heterocycles. The minimum Gasteiger partial charge on any atom is -0.377 e. The van der Waals surface area contributed by atoms with Gasteiger partial charge < -0.3 is 9.64 Å². The van der Waals surface area contributed by atoms with Crippen molar-refractivity contribution in [1.29, 1.82) is 0 Å². The maximum absolute atomic E-state index is 5.70. The summed E-state index contributed by atoms with van der Waals surface area (Å²) in [6.45, 7) is 4.53. The second-order valence-corrected chi connectivity index (χ2v) is 3.93. The van der Waals surface area contributed by atoms with Crippen molar-refractivity contribution >= 4 is 17.4 Å². The molecule has 0 spiro atoms. The van der Waals surface area contributed by atoms with Gasteiger partial charge in [0.2, 0.25) is 0 Å². The molecule has 4 nitrogen and oxygen atoms in total. The van der Waals surface area contributed by atoms with Gasteiger partial charge in [-0.05, 0) is 18.6 Å². The zero-order valence-corrected chi connectivity index (χ0v) is 9.44. The number of halogens is 1. The summed E-state index contributed by atoms with van der Waals surface area (Å²) in [7, 11) is 0. The molecule has 2 heterocycles. The van der Waals surface area contributed by atoms with Gasteiger partial charge in [0.15, 0.2) is 11.0 Å². The second kappa shape index (κ2) is 4.77. The Kier molecular flexibility index (Phi) is 3.38. The van der Waals surface area contributed by atoms with Gasteiger partial charge in [-0.1, -0.05) is 18.5 Å². The van der Waals surface area contributed by atoms with Crippen molar-refractivity contribution in [2.75, 3.05) is 24.7 Å². The number of hydrogen-bond acceptors (Lipinski definition) is 4. The molecule has 1 fully saturated rings. The molecular weight excluding hydrogens is 214 g/mol. The summed E-state index contributed by atoms with van der Waals surface area (Å²) in [5.74, 6) is 0.884. The summed E-state index contributed by atoms with van der Waals surface area (Å²) in [6, 6.07) is 4.07. The lowest BCUT2D eigenvalue weighted by Crippen LogP contribution is -2.45. The number of aromatic nitrogens is 2. The Morgan fingerprint density at radius 1 is 1.53 bits per heavy atom. The van der Waals surface area contributed by atoms with Gasteiger partial charge in [-0.25, -0.2) is 0 Å². The molecule has 1 aliphatic heterocycles. The van der Waals surface area contributed by atoms with Crippen LogP contribution in [0.2, 0.25) is 5.15 Å². The fraction of sp³-hybridized carbons (Fsp3) is 0.600. The predicted octanol–water partition coefficient (Wildman–Crippen LogP) is 1.75. The lowest BCUT2D eigenvalue weighted by molar-refractivity contribution is 0.0925. The summed E-state index contributed by atoms with van der Waals surface area (Å²) in [4.78, 5) is 2.23. The average Bonchev–Trinajstić information content (AvgIpc) is 2.30. The van der Waals surface area contributed by atoms with Gasteiger partial charge in [0.25, 0.3) is 0 Å². The highest BCUT2D eigenvalue weighted by atomic mass is 35.5. The van der Waals surface area contributed by atoms with E-state index in [1.165, 1.54) is 0 Å². The minimum absolute atomic E-state index is 0.397. The maximum atomic E-state index is 5.70. The third-order valence-corrected chi connectivity index (χ3v) is 2.81. The molecule has 1 atom stereocenters. The van der Waals surface area contributed by atoms with E-state index in [4.69, 9.17) is 16.3 Å². The van der Waals surface area contributed by atoms with Crippen LogP contribution in [0.5, 0.6) is 0 Å². The Morgan fingerprint density at radius 2 is 2.40 bits per heavy atom. The smallest absolute Gasteiger partial charge is 0.151 e. The van der Waals surface area contributed by atoms with Crippen LogP contribution in [-0.4, -0.2) is 36.0 Å². The highest BCUT2D eigenvalue weighted by Crippen LogP contribution is 2.19. The van der Waals surface area contributed by atoms with Crippen molar-refractivity contribution in [1.82, 2.24) is 10.2 Å². The molecule has 82 valence electrons. The molecule has 0 radical (unpaired) electrons. The van der Waals surface area contributed by atoms with E-state index >= 15 is 0 Å². The van der Waals surface area contributed by atoms with Crippen molar-refractivity contribution in [3.05, 3.63) is 17.3 Å². The first-order chi connectivity index (χ1) is 7.31. The topological polar surface area (TPSA) is 38.2 Å². The van der Waals surface area contributed by atoms with E-state index < -0.39 is 0 Å². The predicted molar refractivity (Wildman–Crippen MR) is 59.3 cm³/mol. The van der Waals surface area contributed by atoms with Gasteiger partial charge in [0, 0.05) is 6.54 Å². The third kappa shape index (κ3) is 2.38. The van der Waals surface area contributed by atoms with Crippen molar-refractivity contribution in [3.63, 3.8) is 0 Å². The highest BCUT2D eigenvalue weighted by Gasteiger charge is 2.22. The summed E-state index contributed by atoms with van der Waals surface area (Å²) in [5, 5.41) is 8.38. The highest BCUT2D eigenvalue weighted by molar-refractivity contribution is 6.29. The molecule has 5 heteroatoms. The second-order valence-electron chi connectivity index (χ2n) is 3.54. The van der Waals surface area contributed by atoms with Crippen LogP contribution >= 0.6 is 11.6 Å². The Bertz CT molecular complexity index is 317. The molecule has 0 bridgehead atoms. The van der Waals surface area contributed by atoms with Gasteiger partial charge in [0.1, 0.15) is 0 Å². The molecule has 15 heavy (non-hydrogen) atoms. The van der Waals surface area contributed by atoms with Crippen LogP contribution in [0.25, 0.3) is 0 Å². The van der Waals surface area contributed by atoms with Crippen LogP contribution in [0.15, 0.2) is 12.1 Å². The number of ether oxygens (including phenoxy) is 1. The van der Waals surface area contributed by atoms with E-state index in [0.29, 0.717) is 11.2 Å². The summed E-state index contributed by atoms with van der Waals surface area (Å²) in [6.07, 6.45) is 1.05. The van der Waals surface area contributed by atoms with Crippen molar-refractivity contribution in [3.8, 4) is 0 Å². The number of morpholine rings is 1. The van der Waals surface area contributed by atoms with Crippen LogP contribution in [-0.2, 0) is 4.74 Å². The molecule has 2 rings (SSSR count). The number of rotatable bonds is 2. The van der Waals surface area contributed by atoms with Gasteiger partial charge in [-0.2, -0.15) is 0 Å². The minimum atomic E-state index is 0.397. The van der Waals surface area contributed by atoms with Crippen LogP contribution < -0.4 is 4.90 Å². The maximum Gasteiger partial charge on any atom is 0.151 e.